The third kappa shape index (κ3) is 5.00. The normalized spacial score (nSPS) is 21.0. The predicted octanol–water partition coefficient (Wildman–Crippen LogP) is 1.64. The number of carboxylic acids is 1. The van der Waals surface area contributed by atoms with Crippen molar-refractivity contribution in [1.82, 2.24) is 10.2 Å². The number of amides is 2. The van der Waals surface area contributed by atoms with Crippen LogP contribution in [-0.2, 0) is 14.4 Å². The van der Waals surface area contributed by atoms with E-state index in [9.17, 15) is 19.5 Å². The SMILES string of the molecule is CCCC(=O)N1CCCC(C(=O)NC(C(=O)O)C(C)CC)C1. The van der Waals surface area contributed by atoms with Crippen LogP contribution < -0.4 is 5.32 Å². The summed E-state index contributed by atoms with van der Waals surface area (Å²) in [5.41, 5.74) is 0. The van der Waals surface area contributed by atoms with E-state index < -0.39 is 12.0 Å². The van der Waals surface area contributed by atoms with Crippen molar-refractivity contribution in [3.63, 3.8) is 0 Å². The van der Waals surface area contributed by atoms with E-state index >= 15 is 0 Å². The second-order valence-corrected chi connectivity index (χ2v) is 6.14. The fraction of sp³-hybridized carbons (Fsp3) is 0.812. The van der Waals surface area contributed by atoms with Crippen LogP contribution in [0.5, 0.6) is 0 Å². The molecule has 1 aliphatic heterocycles. The summed E-state index contributed by atoms with van der Waals surface area (Å²) in [4.78, 5) is 37.3. The Morgan fingerprint density at radius 3 is 2.55 bits per heavy atom. The number of piperidine rings is 1. The zero-order valence-electron chi connectivity index (χ0n) is 13.8. The predicted molar refractivity (Wildman–Crippen MR) is 83.2 cm³/mol. The van der Waals surface area contributed by atoms with Gasteiger partial charge in [0.1, 0.15) is 6.04 Å². The number of aliphatic carboxylic acids is 1. The minimum Gasteiger partial charge on any atom is -0.480 e. The molecule has 3 atom stereocenters. The molecule has 1 saturated heterocycles. The minimum atomic E-state index is -1.00. The van der Waals surface area contributed by atoms with Gasteiger partial charge in [0.2, 0.25) is 11.8 Å². The van der Waals surface area contributed by atoms with Gasteiger partial charge in [-0.05, 0) is 25.2 Å². The van der Waals surface area contributed by atoms with Crippen molar-refractivity contribution in [3.05, 3.63) is 0 Å². The Labute approximate surface area is 132 Å². The average Bonchev–Trinajstić information content (AvgIpc) is 2.51. The van der Waals surface area contributed by atoms with Crippen LogP contribution in [0, 0.1) is 11.8 Å². The maximum Gasteiger partial charge on any atom is 0.326 e. The van der Waals surface area contributed by atoms with Gasteiger partial charge in [-0.1, -0.05) is 27.2 Å². The first kappa shape index (κ1) is 18.5. The number of nitrogens with zero attached hydrogens (tertiary/aromatic N) is 1. The summed E-state index contributed by atoms with van der Waals surface area (Å²) < 4.78 is 0. The van der Waals surface area contributed by atoms with Crippen LogP contribution in [0.1, 0.15) is 52.9 Å². The molecule has 0 aliphatic carbocycles. The molecule has 0 aromatic carbocycles. The molecule has 0 spiro atoms. The summed E-state index contributed by atoms with van der Waals surface area (Å²) in [6.45, 7) is 6.76. The van der Waals surface area contributed by atoms with Crippen molar-refractivity contribution in [1.29, 1.82) is 0 Å². The van der Waals surface area contributed by atoms with Gasteiger partial charge in [-0.25, -0.2) is 4.79 Å². The number of nitrogens with one attached hydrogen (secondary N) is 1. The third-order valence-electron chi connectivity index (χ3n) is 4.39. The van der Waals surface area contributed by atoms with Crippen molar-refractivity contribution in [3.8, 4) is 0 Å². The lowest BCUT2D eigenvalue weighted by Gasteiger charge is -2.33. The van der Waals surface area contributed by atoms with E-state index in [1.807, 2.05) is 20.8 Å². The van der Waals surface area contributed by atoms with Crippen LogP contribution >= 0.6 is 0 Å². The van der Waals surface area contributed by atoms with Gasteiger partial charge >= 0.3 is 5.97 Å². The standard InChI is InChI=1S/C16H28N2O4/c1-4-7-13(19)18-9-6-8-12(10-18)15(20)17-14(16(21)22)11(3)5-2/h11-12,14H,4-10H2,1-3H3,(H,17,20)(H,21,22). The zero-order chi connectivity index (χ0) is 16.7. The highest BCUT2D eigenvalue weighted by molar-refractivity contribution is 5.86. The van der Waals surface area contributed by atoms with Crippen LogP contribution in [0.15, 0.2) is 0 Å². The summed E-state index contributed by atoms with van der Waals surface area (Å²) >= 11 is 0. The Morgan fingerprint density at radius 2 is 2.00 bits per heavy atom. The van der Waals surface area contributed by atoms with Crippen LogP contribution in [0.3, 0.4) is 0 Å². The van der Waals surface area contributed by atoms with Gasteiger partial charge in [-0.2, -0.15) is 0 Å². The molecule has 1 heterocycles. The van der Waals surface area contributed by atoms with Crippen molar-refractivity contribution in [2.75, 3.05) is 13.1 Å². The Balaban J connectivity index is 2.64. The molecule has 0 radical (unpaired) electrons. The number of rotatable bonds is 7. The summed E-state index contributed by atoms with van der Waals surface area (Å²) in [6, 6.07) is -0.862. The van der Waals surface area contributed by atoms with Crippen molar-refractivity contribution >= 4 is 17.8 Å². The topological polar surface area (TPSA) is 86.7 Å². The van der Waals surface area contributed by atoms with Crippen LogP contribution in [0.25, 0.3) is 0 Å². The van der Waals surface area contributed by atoms with Gasteiger partial charge < -0.3 is 15.3 Å². The first-order chi connectivity index (χ1) is 10.4. The maximum absolute atomic E-state index is 12.3. The molecule has 2 N–H and O–H groups in total. The molecule has 1 fully saturated rings. The molecule has 2 amide bonds. The smallest absolute Gasteiger partial charge is 0.326 e. The molecular weight excluding hydrogens is 284 g/mol. The second-order valence-electron chi connectivity index (χ2n) is 6.14. The fourth-order valence-corrected chi connectivity index (χ4v) is 2.74. The monoisotopic (exact) mass is 312 g/mol. The quantitative estimate of drug-likeness (QED) is 0.748. The molecular formula is C16H28N2O4. The molecule has 126 valence electrons. The Bertz CT molecular complexity index is 411. The van der Waals surface area contributed by atoms with Crippen molar-refractivity contribution in [2.45, 2.75) is 58.9 Å². The Morgan fingerprint density at radius 1 is 1.32 bits per heavy atom. The Hall–Kier alpha value is -1.59. The van der Waals surface area contributed by atoms with E-state index in [0.29, 0.717) is 32.4 Å². The van der Waals surface area contributed by atoms with E-state index in [2.05, 4.69) is 5.32 Å². The third-order valence-corrected chi connectivity index (χ3v) is 4.39. The highest BCUT2D eigenvalue weighted by atomic mass is 16.4. The van der Waals surface area contributed by atoms with Gasteiger partial charge in [-0.3, -0.25) is 9.59 Å². The molecule has 6 nitrogen and oxygen atoms in total. The van der Waals surface area contributed by atoms with Crippen molar-refractivity contribution in [2.24, 2.45) is 11.8 Å². The second kappa shape index (κ2) is 8.76. The lowest BCUT2D eigenvalue weighted by Crippen LogP contribution is -2.51. The lowest BCUT2D eigenvalue weighted by atomic mass is 9.94. The zero-order valence-corrected chi connectivity index (χ0v) is 13.8. The number of hydrogen-bond acceptors (Lipinski definition) is 3. The maximum atomic E-state index is 12.3. The molecule has 3 unspecified atom stereocenters. The molecule has 0 bridgehead atoms. The van der Waals surface area contributed by atoms with E-state index in [-0.39, 0.29) is 23.7 Å². The first-order valence-corrected chi connectivity index (χ1v) is 8.21. The molecule has 0 saturated carbocycles. The number of carbonyl (C=O) groups is 3. The lowest BCUT2D eigenvalue weighted by molar-refractivity contribution is -0.145. The van der Waals surface area contributed by atoms with E-state index in [1.165, 1.54) is 0 Å². The van der Waals surface area contributed by atoms with Crippen LogP contribution in [-0.4, -0.2) is 46.9 Å². The average molecular weight is 312 g/mol. The van der Waals surface area contributed by atoms with Crippen molar-refractivity contribution < 1.29 is 19.5 Å². The van der Waals surface area contributed by atoms with Crippen LogP contribution in [0.4, 0.5) is 0 Å². The van der Waals surface area contributed by atoms with E-state index in [4.69, 9.17) is 0 Å². The highest BCUT2D eigenvalue weighted by Crippen LogP contribution is 2.19. The highest BCUT2D eigenvalue weighted by Gasteiger charge is 2.32. The molecule has 1 aliphatic rings. The molecule has 6 heteroatoms. The van der Waals surface area contributed by atoms with Gasteiger partial charge in [0.05, 0.1) is 5.92 Å². The van der Waals surface area contributed by atoms with Crippen LogP contribution in [0.2, 0.25) is 0 Å². The van der Waals surface area contributed by atoms with Gasteiger partial charge in [0.15, 0.2) is 0 Å². The Kier molecular flexibility index (Phi) is 7.35. The number of hydrogen-bond donors (Lipinski definition) is 2. The molecule has 1 rings (SSSR count). The van der Waals surface area contributed by atoms with Gasteiger partial charge in [0, 0.05) is 19.5 Å². The van der Waals surface area contributed by atoms with Gasteiger partial charge in [0.25, 0.3) is 0 Å². The number of carbonyl (C=O) groups excluding carboxylic acids is 2. The molecule has 22 heavy (non-hydrogen) atoms. The largest absolute Gasteiger partial charge is 0.480 e. The first-order valence-electron chi connectivity index (χ1n) is 8.21. The summed E-state index contributed by atoms with van der Waals surface area (Å²) in [5.74, 6) is -1.60. The fourth-order valence-electron chi connectivity index (χ4n) is 2.74. The summed E-state index contributed by atoms with van der Waals surface area (Å²) in [5, 5.41) is 11.9. The van der Waals surface area contributed by atoms with E-state index in [0.717, 1.165) is 12.8 Å². The minimum absolute atomic E-state index is 0.0803. The summed E-state index contributed by atoms with van der Waals surface area (Å²) in [6.07, 6.45) is 3.46. The number of carboxylic acid groups (broad SMARTS) is 1. The van der Waals surface area contributed by atoms with Gasteiger partial charge in [-0.15, -0.1) is 0 Å². The summed E-state index contributed by atoms with van der Waals surface area (Å²) in [7, 11) is 0. The molecule has 0 aromatic rings. The van der Waals surface area contributed by atoms with E-state index in [1.54, 1.807) is 4.90 Å². The molecule has 0 aromatic heterocycles. The number of likely N-dealkylation sites (tertiary alicyclic amines) is 1.